The Bertz CT molecular complexity index is 1320. The van der Waals surface area contributed by atoms with E-state index in [1.165, 1.54) is 58.7 Å². The smallest absolute Gasteiger partial charge is 0.258 e. The van der Waals surface area contributed by atoms with Gasteiger partial charge in [-0.15, -0.1) is 0 Å². The van der Waals surface area contributed by atoms with Crippen LogP contribution in [0.4, 0.5) is 5.69 Å². The topological polar surface area (TPSA) is 133 Å². The number of rotatable bonds is 8. The van der Waals surface area contributed by atoms with Gasteiger partial charge in [0.05, 0.1) is 35.9 Å². The van der Waals surface area contributed by atoms with E-state index in [0.717, 1.165) is 6.26 Å². The Morgan fingerprint density at radius 2 is 1.83 bits per heavy atom. The van der Waals surface area contributed by atoms with E-state index in [9.17, 15) is 26.7 Å². The highest BCUT2D eigenvalue weighted by molar-refractivity contribution is 7.92. The predicted molar refractivity (Wildman–Crippen MR) is 137 cm³/mol. The molecule has 1 heterocycles. The van der Waals surface area contributed by atoms with Crippen molar-refractivity contribution in [2.45, 2.75) is 30.9 Å². The second-order valence-electron chi connectivity index (χ2n) is 8.95. The summed E-state index contributed by atoms with van der Waals surface area (Å²) in [5.74, 6) is -0.563. The zero-order valence-corrected chi connectivity index (χ0v) is 22.8. The van der Waals surface area contributed by atoms with Crippen molar-refractivity contribution in [3.63, 3.8) is 0 Å². The summed E-state index contributed by atoms with van der Waals surface area (Å²) in [7, 11) is -6.00. The van der Waals surface area contributed by atoms with Crippen LogP contribution in [0.1, 0.15) is 24.2 Å². The van der Waals surface area contributed by atoms with Crippen LogP contribution in [-0.4, -0.2) is 82.2 Å². The molecule has 0 radical (unpaired) electrons. The van der Waals surface area contributed by atoms with Crippen molar-refractivity contribution in [1.82, 2.24) is 9.21 Å². The van der Waals surface area contributed by atoms with Crippen LogP contribution in [0.15, 0.2) is 47.4 Å². The lowest BCUT2D eigenvalue weighted by Crippen LogP contribution is -2.50. The number of nitrogens with zero attached hydrogens (tertiary/aromatic N) is 2. The molecule has 0 aromatic heterocycles. The van der Waals surface area contributed by atoms with Gasteiger partial charge in [-0.2, -0.15) is 4.31 Å². The van der Waals surface area contributed by atoms with Gasteiger partial charge in [0.25, 0.3) is 5.91 Å². The molecule has 0 unspecified atom stereocenters. The largest absolute Gasteiger partial charge is 0.488 e. The number of carbonyl (C=O) groups excluding carboxylic acids is 1. The fourth-order valence-corrected chi connectivity index (χ4v) is 5.72. The first-order valence-electron chi connectivity index (χ1n) is 11.1. The number of likely N-dealkylation sites (N-methyl/N-ethyl adjacent to an activating group) is 1. The van der Waals surface area contributed by atoms with Crippen LogP contribution >= 0.6 is 11.6 Å². The van der Waals surface area contributed by atoms with Gasteiger partial charge in [0, 0.05) is 30.2 Å². The van der Waals surface area contributed by atoms with Crippen molar-refractivity contribution in [2.24, 2.45) is 5.92 Å². The molecule has 0 saturated carbocycles. The van der Waals surface area contributed by atoms with Crippen molar-refractivity contribution in [1.29, 1.82) is 0 Å². The van der Waals surface area contributed by atoms with Gasteiger partial charge in [0.1, 0.15) is 11.9 Å². The summed E-state index contributed by atoms with van der Waals surface area (Å²) < 4.78 is 59.4. The molecule has 2 aromatic rings. The van der Waals surface area contributed by atoms with Crippen LogP contribution in [0.2, 0.25) is 5.02 Å². The Morgan fingerprint density at radius 1 is 1.19 bits per heavy atom. The third kappa shape index (κ3) is 6.48. The lowest BCUT2D eigenvalue weighted by atomic mass is 9.99. The van der Waals surface area contributed by atoms with Crippen LogP contribution in [-0.2, 0) is 20.0 Å². The fourth-order valence-electron chi connectivity index (χ4n) is 3.86. The van der Waals surface area contributed by atoms with Gasteiger partial charge in [0.2, 0.25) is 20.0 Å². The number of halogens is 1. The molecule has 1 aliphatic rings. The molecular weight excluding hydrogens is 530 g/mol. The van der Waals surface area contributed by atoms with Crippen molar-refractivity contribution < 1.29 is 31.5 Å². The Kier molecular flexibility index (Phi) is 8.56. The molecule has 3 rings (SSSR count). The van der Waals surface area contributed by atoms with E-state index in [4.69, 9.17) is 16.3 Å². The molecule has 2 aromatic carbocycles. The number of aliphatic hydroxyl groups excluding tert-OH is 1. The first kappa shape index (κ1) is 28.2. The standard InChI is InChI=1S/C23H30ClN3O7S2/c1-15-12-27(16(2)14-28)23(29)20-11-18(25-35(4,30)31)7-10-21(20)34-22(15)13-26(3)36(32,33)19-8-5-17(24)6-9-19/h5-11,15-16,22,25,28H,12-14H2,1-4H3/t15-,16-,22-/m1/s1. The maximum atomic E-state index is 13.4. The monoisotopic (exact) mass is 559 g/mol. The number of fused-ring (bicyclic) bond motifs is 1. The normalized spacial score (nSPS) is 19.8. The highest BCUT2D eigenvalue weighted by Gasteiger charge is 2.35. The summed E-state index contributed by atoms with van der Waals surface area (Å²) in [5.41, 5.74) is 0.279. The van der Waals surface area contributed by atoms with E-state index in [0.29, 0.717) is 5.02 Å². The first-order valence-corrected chi connectivity index (χ1v) is 14.9. The van der Waals surface area contributed by atoms with Crippen molar-refractivity contribution in [3.05, 3.63) is 53.1 Å². The van der Waals surface area contributed by atoms with E-state index in [2.05, 4.69) is 4.72 Å². The number of ether oxygens (including phenoxy) is 1. The zero-order valence-electron chi connectivity index (χ0n) is 20.4. The van der Waals surface area contributed by atoms with Gasteiger partial charge in [-0.3, -0.25) is 9.52 Å². The van der Waals surface area contributed by atoms with E-state index in [-0.39, 0.29) is 47.5 Å². The number of anilines is 1. The number of aliphatic hydroxyl groups is 1. The summed E-state index contributed by atoms with van der Waals surface area (Å²) in [6.07, 6.45) is 0.336. The van der Waals surface area contributed by atoms with Gasteiger partial charge in [-0.1, -0.05) is 18.5 Å². The minimum absolute atomic E-state index is 0.0234. The second kappa shape index (κ2) is 10.9. The summed E-state index contributed by atoms with van der Waals surface area (Å²) >= 11 is 5.89. The molecule has 0 spiro atoms. The van der Waals surface area contributed by atoms with Gasteiger partial charge in [-0.05, 0) is 49.4 Å². The van der Waals surface area contributed by atoms with Gasteiger partial charge < -0.3 is 14.7 Å². The molecule has 2 N–H and O–H groups in total. The van der Waals surface area contributed by atoms with Crippen LogP contribution in [0.3, 0.4) is 0 Å². The molecule has 0 aliphatic carbocycles. The number of nitrogens with one attached hydrogen (secondary N) is 1. The number of hydrogen-bond donors (Lipinski definition) is 2. The summed E-state index contributed by atoms with van der Waals surface area (Å²) in [5, 5.41) is 10.2. The quantitative estimate of drug-likeness (QED) is 0.506. The van der Waals surface area contributed by atoms with Crippen molar-refractivity contribution in [2.75, 3.05) is 37.7 Å². The average Bonchev–Trinajstić information content (AvgIpc) is 2.80. The predicted octanol–water partition coefficient (Wildman–Crippen LogP) is 2.25. The minimum atomic E-state index is -3.85. The highest BCUT2D eigenvalue weighted by Crippen LogP contribution is 2.31. The Morgan fingerprint density at radius 3 is 2.42 bits per heavy atom. The molecular formula is C23H30ClN3O7S2. The average molecular weight is 560 g/mol. The lowest BCUT2D eigenvalue weighted by Gasteiger charge is -2.38. The zero-order chi connectivity index (χ0) is 26.8. The first-order chi connectivity index (χ1) is 16.7. The lowest BCUT2D eigenvalue weighted by molar-refractivity contribution is 0.0387. The molecule has 0 bridgehead atoms. The molecule has 10 nitrogen and oxygen atoms in total. The minimum Gasteiger partial charge on any atom is -0.488 e. The maximum Gasteiger partial charge on any atom is 0.258 e. The summed E-state index contributed by atoms with van der Waals surface area (Å²) in [4.78, 5) is 15.0. The summed E-state index contributed by atoms with van der Waals surface area (Å²) in [6.45, 7) is 3.40. The fraction of sp³-hybridized carbons (Fsp3) is 0.435. The van der Waals surface area contributed by atoms with E-state index in [1.54, 1.807) is 6.92 Å². The van der Waals surface area contributed by atoms with Crippen LogP contribution in [0.5, 0.6) is 5.75 Å². The Balaban J connectivity index is 1.99. The SMILES string of the molecule is C[C@@H]1CN([C@H](C)CO)C(=O)c2cc(NS(C)(=O)=O)ccc2O[C@@H]1CN(C)S(=O)(=O)c1ccc(Cl)cc1. The van der Waals surface area contributed by atoms with E-state index in [1.807, 2.05) is 6.92 Å². The van der Waals surface area contributed by atoms with Crippen LogP contribution in [0, 0.1) is 5.92 Å². The van der Waals surface area contributed by atoms with E-state index >= 15 is 0 Å². The third-order valence-corrected chi connectivity index (χ3v) is 8.62. The number of hydrogen-bond acceptors (Lipinski definition) is 7. The molecule has 1 aliphatic heterocycles. The third-order valence-electron chi connectivity index (χ3n) is 5.93. The van der Waals surface area contributed by atoms with Gasteiger partial charge in [0.15, 0.2) is 0 Å². The van der Waals surface area contributed by atoms with Crippen molar-refractivity contribution >= 4 is 43.2 Å². The van der Waals surface area contributed by atoms with Crippen LogP contribution < -0.4 is 9.46 Å². The number of benzene rings is 2. The number of sulfonamides is 2. The Labute approximate surface area is 216 Å². The molecule has 13 heteroatoms. The summed E-state index contributed by atoms with van der Waals surface area (Å²) in [6, 6.07) is 9.61. The van der Waals surface area contributed by atoms with Crippen LogP contribution in [0.25, 0.3) is 0 Å². The molecule has 0 fully saturated rings. The van der Waals surface area contributed by atoms with Crippen molar-refractivity contribution in [3.8, 4) is 5.75 Å². The highest BCUT2D eigenvalue weighted by atomic mass is 35.5. The number of carbonyl (C=O) groups is 1. The molecule has 3 atom stereocenters. The Hall–Kier alpha value is -2.38. The molecule has 1 amide bonds. The maximum absolute atomic E-state index is 13.4. The molecule has 36 heavy (non-hydrogen) atoms. The molecule has 0 saturated heterocycles. The van der Waals surface area contributed by atoms with E-state index < -0.39 is 38.1 Å². The second-order valence-corrected chi connectivity index (χ2v) is 13.2. The number of amides is 1. The van der Waals surface area contributed by atoms with Gasteiger partial charge >= 0.3 is 0 Å². The van der Waals surface area contributed by atoms with Gasteiger partial charge in [-0.25, -0.2) is 16.8 Å². The molecule has 198 valence electrons.